The molecule has 0 aliphatic carbocycles. The predicted molar refractivity (Wildman–Crippen MR) is 76.4 cm³/mol. The van der Waals surface area contributed by atoms with Crippen LogP contribution in [0.4, 0.5) is 0 Å². The van der Waals surface area contributed by atoms with Crippen molar-refractivity contribution in [2.24, 2.45) is 5.92 Å². The summed E-state index contributed by atoms with van der Waals surface area (Å²) in [5.41, 5.74) is 0. The topological polar surface area (TPSA) is 65.8 Å². The molecular formula is C15H21N3O3. The van der Waals surface area contributed by atoms with Gasteiger partial charge >= 0.3 is 0 Å². The number of likely N-dealkylation sites (N-methyl/N-ethyl adjacent to an activating group) is 1. The van der Waals surface area contributed by atoms with Gasteiger partial charge in [0.2, 0.25) is 11.8 Å². The molecule has 2 aliphatic rings. The standard InChI is InChI=1S/C15H21N3O3/c1-10-3-4-11(21-10)7-18-6-5-13-12(8-18)15(20)17(2)9-14(19)16-13/h3-4,12-13H,5-9H2,1-2H3,(H,16,19)/t12-,13+/m0/s1. The van der Waals surface area contributed by atoms with Crippen LogP contribution in [-0.2, 0) is 16.1 Å². The summed E-state index contributed by atoms with van der Waals surface area (Å²) in [5.74, 6) is 1.65. The van der Waals surface area contributed by atoms with Gasteiger partial charge in [-0.2, -0.15) is 0 Å². The number of likely N-dealkylation sites (tertiary alicyclic amines) is 1. The summed E-state index contributed by atoms with van der Waals surface area (Å²) in [7, 11) is 1.69. The molecule has 21 heavy (non-hydrogen) atoms. The Morgan fingerprint density at radius 1 is 1.38 bits per heavy atom. The van der Waals surface area contributed by atoms with Crippen LogP contribution in [0.15, 0.2) is 16.5 Å². The Bertz CT molecular complexity index is 554. The SMILES string of the molecule is Cc1ccc(CN2CC[C@H]3NC(=O)CN(C)C(=O)[C@H]3C2)o1. The number of hydrogen-bond donors (Lipinski definition) is 1. The van der Waals surface area contributed by atoms with Crippen LogP contribution in [0.3, 0.4) is 0 Å². The first kappa shape index (κ1) is 14.1. The van der Waals surface area contributed by atoms with Crippen LogP contribution in [0.2, 0.25) is 0 Å². The van der Waals surface area contributed by atoms with Gasteiger partial charge < -0.3 is 14.6 Å². The zero-order valence-electron chi connectivity index (χ0n) is 12.5. The van der Waals surface area contributed by atoms with E-state index in [9.17, 15) is 9.59 Å². The lowest BCUT2D eigenvalue weighted by Gasteiger charge is -2.36. The number of carbonyl (C=O) groups is 2. The number of amides is 2. The highest BCUT2D eigenvalue weighted by Gasteiger charge is 2.39. The Balaban J connectivity index is 1.70. The number of nitrogens with zero attached hydrogens (tertiary/aromatic N) is 2. The lowest BCUT2D eigenvalue weighted by Crippen LogP contribution is -2.52. The van der Waals surface area contributed by atoms with E-state index in [-0.39, 0.29) is 30.3 Å². The summed E-state index contributed by atoms with van der Waals surface area (Å²) in [6.07, 6.45) is 0.801. The van der Waals surface area contributed by atoms with Gasteiger partial charge in [-0.3, -0.25) is 14.5 Å². The van der Waals surface area contributed by atoms with Crippen LogP contribution in [0.5, 0.6) is 0 Å². The number of piperidine rings is 1. The van der Waals surface area contributed by atoms with Gasteiger partial charge in [0.15, 0.2) is 0 Å². The molecular weight excluding hydrogens is 270 g/mol. The maximum absolute atomic E-state index is 12.4. The van der Waals surface area contributed by atoms with Crippen molar-refractivity contribution in [1.82, 2.24) is 15.1 Å². The molecule has 3 rings (SSSR count). The molecule has 2 aliphatic heterocycles. The highest BCUT2D eigenvalue weighted by Crippen LogP contribution is 2.23. The first-order valence-electron chi connectivity index (χ1n) is 7.35. The molecule has 0 saturated carbocycles. The van der Waals surface area contributed by atoms with Gasteiger partial charge in [-0.1, -0.05) is 0 Å². The molecule has 2 saturated heterocycles. The van der Waals surface area contributed by atoms with Crippen molar-refractivity contribution >= 4 is 11.8 Å². The van der Waals surface area contributed by atoms with Gasteiger partial charge in [0.1, 0.15) is 11.5 Å². The zero-order valence-corrected chi connectivity index (χ0v) is 12.5. The quantitative estimate of drug-likeness (QED) is 0.855. The molecule has 0 bridgehead atoms. The van der Waals surface area contributed by atoms with Gasteiger partial charge in [-0.25, -0.2) is 0 Å². The first-order chi connectivity index (χ1) is 10.0. The number of rotatable bonds is 2. The van der Waals surface area contributed by atoms with E-state index in [2.05, 4.69) is 10.2 Å². The number of furan rings is 1. The smallest absolute Gasteiger partial charge is 0.239 e. The number of fused-ring (bicyclic) bond motifs is 1. The van der Waals surface area contributed by atoms with Crippen molar-refractivity contribution in [3.63, 3.8) is 0 Å². The van der Waals surface area contributed by atoms with E-state index < -0.39 is 0 Å². The van der Waals surface area contributed by atoms with E-state index in [1.807, 2.05) is 19.1 Å². The van der Waals surface area contributed by atoms with E-state index in [1.54, 1.807) is 7.05 Å². The largest absolute Gasteiger partial charge is 0.465 e. The molecule has 0 aromatic carbocycles. The lowest BCUT2D eigenvalue weighted by molar-refractivity contribution is -0.136. The van der Waals surface area contributed by atoms with Crippen LogP contribution in [0.1, 0.15) is 17.9 Å². The maximum atomic E-state index is 12.4. The van der Waals surface area contributed by atoms with Crippen LogP contribution in [0.25, 0.3) is 0 Å². The average molecular weight is 291 g/mol. The molecule has 1 aromatic rings. The van der Waals surface area contributed by atoms with E-state index >= 15 is 0 Å². The Morgan fingerprint density at radius 3 is 2.90 bits per heavy atom. The van der Waals surface area contributed by atoms with Crippen molar-refractivity contribution in [3.8, 4) is 0 Å². The van der Waals surface area contributed by atoms with E-state index in [0.29, 0.717) is 13.1 Å². The fraction of sp³-hybridized carbons (Fsp3) is 0.600. The molecule has 1 N–H and O–H groups in total. The number of carbonyl (C=O) groups excluding carboxylic acids is 2. The Hall–Kier alpha value is -1.82. The predicted octanol–water partition coefficient (Wildman–Crippen LogP) is 0.367. The minimum Gasteiger partial charge on any atom is -0.465 e. The number of nitrogens with one attached hydrogen (secondary N) is 1. The summed E-state index contributed by atoms with van der Waals surface area (Å²) in [4.78, 5) is 27.9. The fourth-order valence-corrected chi connectivity index (χ4v) is 3.21. The third-order valence-corrected chi connectivity index (χ3v) is 4.29. The molecule has 0 radical (unpaired) electrons. The van der Waals surface area contributed by atoms with Crippen LogP contribution >= 0.6 is 0 Å². The Morgan fingerprint density at radius 2 is 2.19 bits per heavy atom. The summed E-state index contributed by atoms with van der Waals surface area (Å²) in [6, 6.07) is 3.89. The Kier molecular flexibility index (Phi) is 3.71. The summed E-state index contributed by atoms with van der Waals surface area (Å²) in [6.45, 7) is 4.31. The number of aryl methyl sites for hydroxylation is 1. The number of hydrogen-bond acceptors (Lipinski definition) is 4. The highest BCUT2D eigenvalue weighted by atomic mass is 16.3. The molecule has 114 valence electrons. The van der Waals surface area contributed by atoms with Gasteiger partial charge in [0.25, 0.3) is 0 Å². The second-order valence-electron chi connectivity index (χ2n) is 6.01. The third kappa shape index (κ3) is 2.95. The van der Waals surface area contributed by atoms with Gasteiger partial charge in [0.05, 0.1) is 19.0 Å². The zero-order chi connectivity index (χ0) is 15.0. The third-order valence-electron chi connectivity index (χ3n) is 4.29. The minimum atomic E-state index is -0.161. The van der Waals surface area contributed by atoms with Crippen LogP contribution < -0.4 is 5.32 Å². The highest BCUT2D eigenvalue weighted by molar-refractivity contribution is 5.89. The van der Waals surface area contributed by atoms with Crippen molar-refractivity contribution < 1.29 is 14.0 Å². The summed E-state index contributed by atoms with van der Waals surface area (Å²) < 4.78 is 5.61. The summed E-state index contributed by atoms with van der Waals surface area (Å²) in [5, 5.41) is 2.98. The maximum Gasteiger partial charge on any atom is 0.239 e. The minimum absolute atomic E-state index is 0.0375. The molecule has 3 heterocycles. The molecule has 2 fully saturated rings. The normalized spacial score (nSPS) is 27.2. The van der Waals surface area contributed by atoms with Crippen molar-refractivity contribution in [3.05, 3.63) is 23.7 Å². The molecule has 0 unspecified atom stereocenters. The second kappa shape index (κ2) is 5.52. The van der Waals surface area contributed by atoms with E-state index in [4.69, 9.17) is 4.42 Å². The fourth-order valence-electron chi connectivity index (χ4n) is 3.21. The van der Waals surface area contributed by atoms with Crippen LogP contribution in [0, 0.1) is 12.8 Å². The van der Waals surface area contributed by atoms with Crippen molar-refractivity contribution in [2.45, 2.75) is 25.9 Å². The van der Waals surface area contributed by atoms with E-state index in [0.717, 1.165) is 24.5 Å². The molecule has 6 nitrogen and oxygen atoms in total. The van der Waals surface area contributed by atoms with Crippen LogP contribution in [-0.4, -0.2) is 54.3 Å². The van der Waals surface area contributed by atoms with Crippen molar-refractivity contribution in [2.75, 3.05) is 26.7 Å². The van der Waals surface area contributed by atoms with Gasteiger partial charge in [-0.05, 0) is 25.5 Å². The van der Waals surface area contributed by atoms with Gasteiger partial charge in [-0.15, -0.1) is 0 Å². The summed E-state index contributed by atoms with van der Waals surface area (Å²) >= 11 is 0. The van der Waals surface area contributed by atoms with Gasteiger partial charge in [0, 0.05) is 26.2 Å². The lowest BCUT2D eigenvalue weighted by atomic mass is 9.91. The molecule has 6 heteroatoms. The first-order valence-corrected chi connectivity index (χ1v) is 7.35. The monoisotopic (exact) mass is 291 g/mol. The average Bonchev–Trinajstić information content (AvgIpc) is 2.80. The van der Waals surface area contributed by atoms with Crippen molar-refractivity contribution in [1.29, 1.82) is 0 Å². The molecule has 2 atom stereocenters. The Labute approximate surface area is 124 Å². The van der Waals surface area contributed by atoms with E-state index in [1.165, 1.54) is 4.90 Å². The molecule has 0 spiro atoms. The molecule has 2 amide bonds. The second-order valence-corrected chi connectivity index (χ2v) is 6.01. The molecule has 1 aromatic heterocycles.